The average molecular weight is 455 g/mol. The molecule has 0 radical (unpaired) electrons. The lowest BCUT2D eigenvalue weighted by molar-refractivity contribution is -0.380. The molecular weight excluding hydrogens is 432 g/mol. The smallest absolute Gasteiger partial charge is 0.302 e. The van der Waals surface area contributed by atoms with Crippen LogP contribution in [0.2, 0.25) is 0 Å². The summed E-state index contributed by atoms with van der Waals surface area (Å²) in [6.07, 6.45) is 0. The summed E-state index contributed by atoms with van der Waals surface area (Å²) in [5.41, 5.74) is 1.95. The zero-order valence-electron chi connectivity index (χ0n) is 16.5. The number of anilines is 1. The van der Waals surface area contributed by atoms with Gasteiger partial charge in [0.05, 0.1) is 20.0 Å². The number of thiophene rings is 1. The van der Waals surface area contributed by atoms with E-state index in [0.717, 1.165) is 40.2 Å². The number of thiazole rings is 1. The van der Waals surface area contributed by atoms with Crippen molar-refractivity contribution >= 4 is 61.3 Å². The predicted octanol–water partition coefficient (Wildman–Crippen LogP) is 4.98. The third-order valence-electron chi connectivity index (χ3n) is 4.60. The minimum absolute atomic E-state index is 0. The van der Waals surface area contributed by atoms with Crippen molar-refractivity contribution in [3.63, 3.8) is 0 Å². The number of nitrogens with zero attached hydrogens (tertiary/aromatic N) is 4. The Labute approximate surface area is 183 Å². The minimum atomic E-state index is -0.470. The molecule has 0 aliphatic heterocycles. The van der Waals surface area contributed by atoms with E-state index in [1.807, 2.05) is 25.1 Å². The lowest BCUT2D eigenvalue weighted by atomic mass is 10.2. The van der Waals surface area contributed by atoms with Crippen LogP contribution in [0.3, 0.4) is 0 Å². The number of aryl methyl sites for hydroxylation is 1. The highest BCUT2D eigenvalue weighted by Crippen LogP contribution is 2.33. The zero-order valence-corrected chi connectivity index (χ0v) is 18.9. The van der Waals surface area contributed by atoms with E-state index in [1.54, 1.807) is 4.90 Å². The van der Waals surface area contributed by atoms with Crippen molar-refractivity contribution in [2.75, 3.05) is 31.1 Å². The Morgan fingerprint density at radius 1 is 1.14 bits per heavy atom. The van der Waals surface area contributed by atoms with Gasteiger partial charge >= 0.3 is 5.00 Å². The molecule has 10 heteroatoms. The van der Waals surface area contributed by atoms with Gasteiger partial charge in [0, 0.05) is 19.2 Å². The van der Waals surface area contributed by atoms with E-state index in [-0.39, 0.29) is 23.3 Å². The molecular formula is C19H23ClN4O3S2. The summed E-state index contributed by atoms with van der Waals surface area (Å²) in [7, 11) is 0. The van der Waals surface area contributed by atoms with Crippen molar-refractivity contribution < 1.29 is 9.72 Å². The van der Waals surface area contributed by atoms with Gasteiger partial charge in [0.1, 0.15) is 0 Å². The summed E-state index contributed by atoms with van der Waals surface area (Å²) in [6.45, 7) is 9.13. The number of carbonyl (C=O) groups is 1. The first-order valence-electron chi connectivity index (χ1n) is 9.09. The number of rotatable bonds is 8. The molecule has 0 fully saturated rings. The molecule has 0 bridgehead atoms. The van der Waals surface area contributed by atoms with Crippen molar-refractivity contribution in [3.8, 4) is 0 Å². The molecule has 0 aliphatic rings. The number of nitro groups is 1. The number of benzene rings is 1. The molecule has 1 aromatic carbocycles. The second kappa shape index (κ2) is 10.1. The third kappa shape index (κ3) is 5.11. The molecule has 0 spiro atoms. The van der Waals surface area contributed by atoms with Crippen LogP contribution >= 0.6 is 35.1 Å². The molecule has 0 N–H and O–H groups in total. The summed E-state index contributed by atoms with van der Waals surface area (Å²) in [5.74, 6) is -0.248. The normalized spacial score (nSPS) is 10.9. The number of hydrogen-bond donors (Lipinski definition) is 0. The summed E-state index contributed by atoms with van der Waals surface area (Å²) in [6, 6.07) is 8.87. The third-order valence-corrected chi connectivity index (χ3v) is 6.67. The van der Waals surface area contributed by atoms with Crippen molar-refractivity contribution in [1.29, 1.82) is 0 Å². The van der Waals surface area contributed by atoms with Gasteiger partial charge in [-0.3, -0.25) is 19.8 Å². The van der Waals surface area contributed by atoms with Crippen molar-refractivity contribution in [2.24, 2.45) is 0 Å². The topological polar surface area (TPSA) is 79.6 Å². The Hall–Kier alpha value is -2.07. The number of halogens is 1. The fourth-order valence-electron chi connectivity index (χ4n) is 2.93. The summed E-state index contributed by atoms with van der Waals surface area (Å²) in [4.78, 5) is 32.7. The zero-order chi connectivity index (χ0) is 20.3. The molecule has 1 amide bonds. The second-order valence-corrected chi connectivity index (χ2v) is 8.37. The molecule has 0 unspecified atom stereocenters. The van der Waals surface area contributed by atoms with Crippen molar-refractivity contribution in [3.05, 3.63) is 50.9 Å². The fraction of sp³-hybridized carbons (Fsp3) is 0.368. The summed E-state index contributed by atoms with van der Waals surface area (Å²) >= 11 is 2.37. The van der Waals surface area contributed by atoms with E-state index in [0.29, 0.717) is 23.1 Å². The van der Waals surface area contributed by atoms with Crippen LogP contribution in [0, 0.1) is 17.0 Å². The lowest BCUT2D eigenvalue weighted by Gasteiger charge is -2.24. The van der Waals surface area contributed by atoms with Gasteiger partial charge < -0.3 is 4.90 Å². The highest BCUT2D eigenvalue weighted by atomic mass is 35.5. The number of likely N-dealkylation sites (N-methyl/N-ethyl adjacent to an activating group) is 1. The average Bonchev–Trinajstić information content (AvgIpc) is 3.33. The first-order chi connectivity index (χ1) is 13.4. The van der Waals surface area contributed by atoms with Crippen LogP contribution in [-0.2, 0) is 0 Å². The van der Waals surface area contributed by atoms with Crippen molar-refractivity contribution in [2.45, 2.75) is 20.8 Å². The van der Waals surface area contributed by atoms with Gasteiger partial charge in [0.2, 0.25) is 0 Å². The quantitative estimate of drug-likeness (QED) is 0.354. The van der Waals surface area contributed by atoms with E-state index in [9.17, 15) is 14.9 Å². The molecule has 2 aromatic heterocycles. The van der Waals surface area contributed by atoms with Gasteiger partial charge in [-0.25, -0.2) is 4.98 Å². The molecule has 2 heterocycles. The molecule has 3 rings (SSSR count). The fourth-order valence-corrected chi connectivity index (χ4v) is 4.77. The molecule has 7 nitrogen and oxygen atoms in total. The largest absolute Gasteiger partial charge is 0.324 e. The molecule has 156 valence electrons. The molecule has 0 aliphatic carbocycles. The maximum absolute atomic E-state index is 13.2. The van der Waals surface area contributed by atoms with Crippen LogP contribution in [0.5, 0.6) is 0 Å². The van der Waals surface area contributed by atoms with Gasteiger partial charge in [-0.1, -0.05) is 48.7 Å². The van der Waals surface area contributed by atoms with Crippen LogP contribution in [0.1, 0.15) is 29.1 Å². The Kier molecular flexibility index (Phi) is 8.09. The van der Waals surface area contributed by atoms with Gasteiger partial charge in [-0.15, -0.1) is 12.4 Å². The van der Waals surface area contributed by atoms with E-state index >= 15 is 0 Å². The number of amides is 1. The van der Waals surface area contributed by atoms with Crippen LogP contribution in [0.15, 0.2) is 30.3 Å². The maximum atomic E-state index is 13.2. The standard InChI is InChI=1S/C19H22N4O3S2.ClH/c1-4-21(5-2)11-12-22(18(24)15-9-10-16(27-15)23(25)26)19-20-17-13(3)7-6-8-14(17)28-19;/h6-10H,4-5,11-12H2,1-3H3;1H. The maximum Gasteiger partial charge on any atom is 0.324 e. The molecule has 0 saturated heterocycles. The number of fused-ring (bicyclic) bond motifs is 1. The highest BCUT2D eigenvalue weighted by Gasteiger charge is 2.25. The number of aromatic nitrogens is 1. The molecule has 0 saturated carbocycles. The van der Waals surface area contributed by atoms with Crippen LogP contribution in [0.4, 0.5) is 10.1 Å². The molecule has 29 heavy (non-hydrogen) atoms. The number of para-hydroxylation sites is 1. The number of carbonyl (C=O) groups excluding carboxylic acids is 1. The Balaban J connectivity index is 0.00000300. The summed E-state index contributed by atoms with van der Waals surface area (Å²) < 4.78 is 1.02. The Bertz CT molecular complexity index is 1000. The monoisotopic (exact) mass is 454 g/mol. The van der Waals surface area contributed by atoms with Crippen molar-refractivity contribution in [1.82, 2.24) is 9.88 Å². The minimum Gasteiger partial charge on any atom is -0.302 e. The SMILES string of the molecule is CCN(CC)CCN(C(=O)c1ccc([N+](=O)[O-])s1)c1nc2c(C)cccc2s1.Cl. The van der Waals surface area contributed by atoms with E-state index in [2.05, 4.69) is 18.7 Å². The van der Waals surface area contributed by atoms with Crippen LogP contribution in [-0.4, -0.2) is 46.9 Å². The van der Waals surface area contributed by atoms with Crippen LogP contribution < -0.4 is 4.90 Å². The van der Waals surface area contributed by atoms with Gasteiger partial charge in [0.15, 0.2) is 5.13 Å². The Morgan fingerprint density at radius 2 is 1.86 bits per heavy atom. The van der Waals surface area contributed by atoms with Gasteiger partial charge in [-0.2, -0.15) is 0 Å². The second-order valence-electron chi connectivity index (χ2n) is 6.30. The van der Waals surface area contributed by atoms with Gasteiger partial charge in [-0.05, 0) is 37.7 Å². The van der Waals surface area contributed by atoms with E-state index in [4.69, 9.17) is 4.98 Å². The predicted molar refractivity (Wildman–Crippen MR) is 122 cm³/mol. The summed E-state index contributed by atoms with van der Waals surface area (Å²) in [5, 5.41) is 11.6. The molecule has 3 aromatic rings. The van der Waals surface area contributed by atoms with E-state index < -0.39 is 4.92 Å². The first kappa shape index (κ1) is 23.2. The Morgan fingerprint density at radius 3 is 2.45 bits per heavy atom. The van der Waals surface area contributed by atoms with E-state index in [1.165, 1.54) is 23.5 Å². The van der Waals surface area contributed by atoms with Gasteiger partial charge in [0.25, 0.3) is 5.91 Å². The molecule has 0 atom stereocenters. The number of hydrogen-bond acceptors (Lipinski definition) is 7. The highest BCUT2D eigenvalue weighted by molar-refractivity contribution is 7.22. The lowest BCUT2D eigenvalue weighted by Crippen LogP contribution is -2.38. The van der Waals surface area contributed by atoms with Crippen LogP contribution in [0.25, 0.3) is 10.2 Å². The first-order valence-corrected chi connectivity index (χ1v) is 10.7.